The number of aromatic nitrogens is 3. The first-order chi connectivity index (χ1) is 12.2. The Morgan fingerprint density at radius 2 is 1.80 bits per heavy atom. The highest BCUT2D eigenvalue weighted by Gasteiger charge is 2.20. The van der Waals surface area contributed by atoms with Crippen molar-refractivity contribution < 1.29 is 8.83 Å². The van der Waals surface area contributed by atoms with Crippen LogP contribution in [0, 0.1) is 6.92 Å². The zero-order chi connectivity index (χ0) is 17.0. The molecule has 0 fully saturated rings. The molecule has 0 saturated heterocycles. The predicted octanol–water partition coefficient (Wildman–Crippen LogP) is 3.80. The molecule has 0 atom stereocenters. The third-order valence-electron chi connectivity index (χ3n) is 4.14. The molecule has 0 bridgehead atoms. The Kier molecular flexibility index (Phi) is 2.76. The first kappa shape index (κ1) is 13.9. The van der Waals surface area contributed by atoms with Crippen molar-refractivity contribution in [2.45, 2.75) is 6.92 Å². The van der Waals surface area contributed by atoms with Gasteiger partial charge in [-0.05, 0) is 31.2 Å². The highest BCUT2D eigenvalue weighted by atomic mass is 16.4. The summed E-state index contributed by atoms with van der Waals surface area (Å²) in [6.45, 7) is 1.97. The van der Waals surface area contributed by atoms with Crippen molar-refractivity contribution in [3.63, 3.8) is 0 Å². The van der Waals surface area contributed by atoms with Crippen LogP contribution < -0.4 is 5.63 Å². The molecule has 0 N–H and O–H groups in total. The lowest BCUT2D eigenvalue weighted by molar-refractivity contribution is 0.517. The fourth-order valence-electron chi connectivity index (χ4n) is 2.92. The molecule has 5 rings (SSSR count). The van der Waals surface area contributed by atoms with Crippen LogP contribution in [0.3, 0.4) is 0 Å². The van der Waals surface area contributed by atoms with E-state index >= 15 is 0 Å². The van der Waals surface area contributed by atoms with E-state index < -0.39 is 5.63 Å². The molecule has 0 saturated carbocycles. The molecule has 120 valence electrons. The Bertz CT molecular complexity index is 1290. The largest absolute Gasteiger partial charge is 0.422 e. The zero-order valence-corrected chi connectivity index (χ0v) is 13.2. The van der Waals surface area contributed by atoms with Gasteiger partial charge in [-0.15, -0.1) is 10.2 Å². The third-order valence-corrected chi connectivity index (χ3v) is 4.14. The molecule has 2 aliphatic heterocycles. The van der Waals surface area contributed by atoms with Crippen molar-refractivity contribution in [1.82, 2.24) is 15.2 Å². The van der Waals surface area contributed by atoms with Gasteiger partial charge < -0.3 is 8.83 Å². The van der Waals surface area contributed by atoms with Crippen molar-refractivity contribution >= 4 is 21.9 Å². The fourth-order valence-corrected chi connectivity index (χ4v) is 2.92. The maximum absolute atomic E-state index is 12.3. The van der Waals surface area contributed by atoms with Gasteiger partial charge in [-0.2, -0.15) is 0 Å². The summed E-state index contributed by atoms with van der Waals surface area (Å²) >= 11 is 0. The second-order valence-electron chi connectivity index (χ2n) is 5.88. The first-order valence-corrected chi connectivity index (χ1v) is 7.76. The number of nitrogens with zero attached hydrogens (tertiary/aromatic N) is 3. The number of para-hydroxylation sites is 1. The van der Waals surface area contributed by atoms with E-state index in [9.17, 15) is 4.79 Å². The van der Waals surface area contributed by atoms with Crippen molar-refractivity contribution in [2.24, 2.45) is 0 Å². The predicted molar refractivity (Wildman–Crippen MR) is 92.4 cm³/mol. The summed E-state index contributed by atoms with van der Waals surface area (Å²) in [5.41, 5.74) is 2.62. The lowest BCUT2D eigenvalue weighted by Gasteiger charge is -2.03. The number of rotatable bonds is 1. The van der Waals surface area contributed by atoms with E-state index in [0.717, 1.165) is 21.9 Å². The molecule has 2 aromatic carbocycles. The molecule has 6 heteroatoms. The first-order valence-electron chi connectivity index (χ1n) is 7.76. The van der Waals surface area contributed by atoms with E-state index in [2.05, 4.69) is 15.2 Å². The number of aryl methyl sites for hydroxylation is 1. The number of hydrogen-bond acceptors (Lipinski definition) is 6. The average Bonchev–Trinajstić information content (AvgIpc) is 2.99. The van der Waals surface area contributed by atoms with E-state index in [1.165, 1.54) is 0 Å². The van der Waals surface area contributed by atoms with Crippen LogP contribution in [0.1, 0.15) is 5.56 Å². The molecule has 0 spiro atoms. The van der Waals surface area contributed by atoms with E-state index in [1.807, 2.05) is 43.3 Å². The van der Waals surface area contributed by atoms with E-state index in [-0.39, 0.29) is 11.5 Å². The molecule has 3 heterocycles. The van der Waals surface area contributed by atoms with Crippen LogP contribution in [-0.2, 0) is 0 Å². The van der Waals surface area contributed by atoms with Crippen LogP contribution in [0.5, 0.6) is 0 Å². The molecule has 2 aliphatic rings. The Balaban J connectivity index is 1.76. The van der Waals surface area contributed by atoms with Gasteiger partial charge in [0.1, 0.15) is 11.1 Å². The maximum atomic E-state index is 12.3. The summed E-state index contributed by atoms with van der Waals surface area (Å²) in [5.74, 6) is 0.433. The molecular formula is C19H11N3O3. The molecule has 3 aromatic rings. The van der Waals surface area contributed by atoms with Gasteiger partial charge in [-0.1, -0.05) is 29.8 Å². The Labute approximate surface area is 141 Å². The van der Waals surface area contributed by atoms with Gasteiger partial charge in [0, 0.05) is 10.8 Å². The van der Waals surface area contributed by atoms with Gasteiger partial charge >= 0.3 is 5.63 Å². The monoisotopic (exact) mass is 329 g/mol. The highest BCUT2D eigenvalue weighted by molar-refractivity contribution is 5.93. The number of benzene rings is 2. The van der Waals surface area contributed by atoms with Crippen LogP contribution in [0.25, 0.3) is 44.9 Å². The molecule has 25 heavy (non-hydrogen) atoms. The Hall–Kier alpha value is -3.54. The quantitative estimate of drug-likeness (QED) is 0.435. The summed E-state index contributed by atoms with van der Waals surface area (Å²) in [6, 6.07) is 14.9. The van der Waals surface area contributed by atoms with Crippen molar-refractivity contribution in [2.75, 3.05) is 0 Å². The van der Waals surface area contributed by atoms with Gasteiger partial charge in [0.05, 0.1) is 5.52 Å². The van der Waals surface area contributed by atoms with Crippen LogP contribution in [0.15, 0.2) is 62.2 Å². The third kappa shape index (κ3) is 2.11. The molecule has 0 radical (unpaired) electrons. The average molecular weight is 329 g/mol. The summed E-state index contributed by atoms with van der Waals surface area (Å²) < 4.78 is 11.1. The smallest absolute Gasteiger partial charge is 0.349 e. The van der Waals surface area contributed by atoms with Crippen LogP contribution in [0.4, 0.5) is 0 Å². The van der Waals surface area contributed by atoms with Crippen LogP contribution in [0.2, 0.25) is 0 Å². The van der Waals surface area contributed by atoms with Crippen molar-refractivity contribution in [1.29, 1.82) is 0 Å². The summed E-state index contributed by atoms with van der Waals surface area (Å²) in [5, 5.41) is 9.93. The van der Waals surface area contributed by atoms with Gasteiger partial charge in [0.15, 0.2) is 5.69 Å². The SMILES string of the molecule is Cc1ccc2oc(=O)c(-c3nnc4c5ccccc5nc-4o3)cc2c1. The summed E-state index contributed by atoms with van der Waals surface area (Å²) in [4.78, 5) is 16.7. The van der Waals surface area contributed by atoms with E-state index in [4.69, 9.17) is 8.83 Å². The van der Waals surface area contributed by atoms with E-state index in [0.29, 0.717) is 17.2 Å². The molecule has 1 aromatic heterocycles. The Morgan fingerprint density at radius 3 is 2.72 bits per heavy atom. The van der Waals surface area contributed by atoms with Crippen LogP contribution >= 0.6 is 0 Å². The molecule has 0 aliphatic carbocycles. The summed E-state index contributed by atoms with van der Waals surface area (Å²) in [7, 11) is 0. The lowest BCUT2D eigenvalue weighted by atomic mass is 10.1. The fraction of sp³-hybridized carbons (Fsp3) is 0.0526. The van der Waals surface area contributed by atoms with Gasteiger partial charge in [0.2, 0.25) is 0 Å². The normalized spacial score (nSPS) is 11.6. The minimum absolute atomic E-state index is 0.0902. The molecular weight excluding hydrogens is 318 g/mol. The Morgan fingerprint density at radius 1 is 0.920 bits per heavy atom. The molecule has 0 unspecified atom stereocenters. The zero-order valence-electron chi connectivity index (χ0n) is 13.2. The van der Waals surface area contributed by atoms with Crippen LogP contribution in [-0.4, -0.2) is 15.2 Å². The van der Waals surface area contributed by atoms with Gasteiger partial charge in [-0.25, -0.2) is 9.78 Å². The second-order valence-corrected chi connectivity index (χ2v) is 5.88. The van der Waals surface area contributed by atoms with E-state index in [1.54, 1.807) is 12.1 Å². The van der Waals surface area contributed by atoms with Gasteiger partial charge in [-0.3, -0.25) is 0 Å². The topological polar surface area (TPSA) is 82.0 Å². The highest BCUT2D eigenvalue weighted by Crippen LogP contribution is 2.30. The lowest BCUT2D eigenvalue weighted by Crippen LogP contribution is -2.05. The van der Waals surface area contributed by atoms with Gasteiger partial charge in [0.25, 0.3) is 11.8 Å². The maximum Gasteiger partial charge on any atom is 0.349 e. The number of hydrogen-bond donors (Lipinski definition) is 0. The minimum atomic E-state index is -0.523. The van der Waals surface area contributed by atoms with Crippen molar-refractivity contribution in [3.8, 4) is 23.0 Å². The minimum Gasteiger partial charge on any atom is -0.422 e. The molecule has 0 amide bonds. The summed E-state index contributed by atoms with van der Waals surface area (Å²) in [6.07, 6.45) is 0. The van der Waals surface area contributed by atoms with Crippen molar-refractivity contribution in [3.05, 3.63) is 64.5 Å². The molecule has 6 nitrogen and oxygen atoms in total. The second kappa shape index (κ2) is 4.98. The standard InChI is InChI=1S/C19H11N3O3/c1-10-6-7-15-11(8-10)9-13(19(23)24-15)17-22-21-16-12-4-2-3-5-14(12)20-18(16)25-17/h2-9H,1H3. The number of fused-ring (bicyclic) bond motifs is 4.